The Kier molecular flexibility index (Phi) is 4.43. The first-order valence-electron chi connectivity index (χ1n) is 6.77. The highest BCUT2D eigenvalue weighted by Crippen LogP contribution is 2.20. The second kappa shape index (κ2) is 6.06. The van der Waals surface area contributed by atoms with E-state index < -0.39 is 0 Å². The molecule has 19 heavy (non-hydrogen) atoms. The Bertz CT molecular complexity index is 453. The van der Waals surface area contributed by atoms with E-state index in [0.29, 0.717) is 6.04 Å². The lowest BCUT2D eigenvalue weighted by Crippen LogP contribution is -2.40. The normalized spacial score (nSPS) is 16.2. The van der Waals surface area contributed by atoms with Crippen molar-refractivity contribution in [3.05, 3.63) is 29.3 Å². The van der Waals surface area contributed by atoms with E-state index in [9.17, 15) is 4.79 Å². The Morgan fingerprint density at radius 1 is 1.37 bits per heavy atom. The number of nitrogens with one attached hydrogen (secondary N) is 1. The van der Waals surface area contributed by atoms with Crippen LogP contribution in [0.25, 0.3) is 0 Å². The Balaban J connectivity index is 2.14. The number of anilines is 1. The molecule has 1 aliphatic rings. The molecular formula is C15H22N2O2. The largest absolute Gasteiger partial charge is 0.388 e. The van der Waals surface area contributed by atoms with E-state index in [-0.39, 0.29) is 5.91 Å². The van der Waals surface area contributed by atoms with Gasteiger partial charge in [0.2, 0.25) is 0 Å². The third-order valence-corrected chi connectivity index (χ3v) is 3.80. The fourth-order valence-corrected chi connectivity index (χ4v) is 2.49. The molecular weight excluding hydrogens is 240 g/mol. The third-order valence-electron chi connectivity index (χ3n) is 3.80. The highest BCUT2D eigenvalue weighted by molar-refractivity contribution is 5.96. The van der Waals surface area contributed by atoms with Crippen molar-refractivity contribution in [3.8, 4) is 0 Å². The van der Waals surface area contributed by atoms with E-state index in [1.807, 2.05) is 44.1 Å². The van der Waals surface area contributed by atoms with Gasteiger partial charge in [0.25, 0.3) is 5.91 Å². The maximum absolute atomic E-state index is 12.5. The summed E-state index contributed by atoms with van der Waals surface area (Å²) in [6.07, 6.45) is 1.85. The predicted molar refractivity (Wildman–Crippen MR) is 76.7 cm³/mol. The second-order valence-electron chi connectivity index (χ2n) is 5.04. The number of benzene rings is 1. The monoisotopic (exact) mass is 262 g/mol. The Morgan fingerprint density at radius 2 is 2.05 bits per heavy atom. The number of ether oxygens (including phenoxy) is 1. The molecule has 0 unspecified atom stereocenters. The van der Waals surface area contributed by atoms with Crippen molar-refractivity contribution in [3.63, 3.8) is 0 Å². The van der Waals surface area contributed by atoms with Crippen LogP contribution in [0.4, 0.5) is 5.69 Å². The summed E-state index contributed by atoms with van der Waals surface area (Å²) in [6.45, 7) is 3.48. The summed E-state index contributed by atoms with van der Waals surface area (Å²) in [6, 6.07) is 6.15. The zero-order chi connectivity index (χ0) is 13.8. The van der Waals surface area contributed by atoms with E-state index in [4.69, 9.17) is 4.74 Å². The molecule has 2 rings (SSSR count). The molecule has 1 saturated heterocycles. The molecule has 1 amide bonds. The van der Waals surface area contributed by atoms with Crippen LogP contribution >= 0.6 is 0 Å². The maximum Gasteiger partial charge on any atom is 0.254 e. The van der Waals surface area contributed by atoms with Crippen LogP contribution in [0.3, 0.4) is 0 Å². The van der Waals surface area contributed by atoms with E-state index >= 15 is 0 Å². The Hall–Kier alpha value is -1.55. The SMILES string of the molecule is CNc1ccc(C(=O)N(C)C2CCOCC2)c(C)c1. The average Bonchev–Trinajstić information content (AvgIpc) is 2.46. The molecule has 104 valence electrons. The van der Waals surface area contributed by atoms with Crippen LogP contribution in [-0.4, -0.2) is 44.2 Å². The Morgan fingerprint density at radius 3 is 2.63 bits per heavy atom. The molecule has 1 aromatic rings. The second-order valence-corrected chi connectivity index (χ2v) is 5.04. The van der Waals surface area contributed by atoms with Gasteiger partial charge in [-0.2, -0.15) is 0 Å². The van der Waals surface area contributed by atoms with Gasteiger partial charge in [-0.05, 0) is 43.5 Å². The number of hydrogen-bond donors (Lipinski definition) is 1. The van der Waals surface area contributed by atoms with Gasteiger partial charge in [0.05, 0.1) is 0 Å². The standard InChI is InChI=1S/C15H22N2O2/c1-11-10-12(16-2)4-5-14(11)15(18)17(3)13-6-8-19-9-7-13/h4-5,10,13,16H,6-9H2,1-3H3. The molecule has 1 N–H and O–H groups in total. The summed E-state index contributed by atoms with van der Waals surface area (Å²) in [7, 11) is 3.77. The van der Waals surface area contributed by atoms with Gasteiger partial charge in [0.1, 0.15) is 0 Å². The molecule has 0 aliphatic carbocycles. The van der Waals surface area contributed by atoms with Crippen molar-refractivity contribution in [2.24, 2.45) is 0 Å². The van der Waals surface area contributed by atoms with Crippen LogP contribution < -0.4 is 5.32 Å². The number of nitrogens with zero attached hydrogens (tertiary/aromatic N) is 1. The first-order valence-corrected chi connectivity index (χ1v) is 6.77. The molecule has 0 aromatic heterocycles. The maximum atomic E-state index is 12.5. The summed E-state index contributed by atoms with van der Waals surface area (Å²) in [5.74, 6) is 0.104. The minimum Gasteiger partial charge on any atom is -0.388 e. The van der Waals surface area contributed by atoms with E-state index in [0.717, 1.165) is 42.9 Å². The van der Waals surface area contributed by atoms with Gasteiger partial charge in [0, 0.05) is 44.6 Å². The molecule has 0 saturated carbocycles. The van der Waals surface area contributed by atoms with Gasteiger partial charge in [-0.15, -0.1) is 0 Å². The number of aryl methyl sites for hydroxylation is 1. The molecule has 1 heterocycles. The fraction of sp³-hybridized carbons (Fsp3) is 0.533. The number of carbonyl (C=O) groups excluding carboxylic acids is 1. The van der Waals surface area contributed by atoms with Crippen molar-refractivity contribution in [1.29, 1.82) is 0 Å². The lowest BCUT2D eigenvalue weighted by Gasteiger charge is -2.31. The first-order chi connectivity index (χ1) is 9.13. The number of carbonyl (C=O) groups is 1. The van der Waals surface area contributed by atoms with E-state index in [1.54, 1.807) is 0 Å². The van der Waals surface area contributed by atoms with Crippen molar-refractivity contribution < 1.29 is 9.53 Å². The molecule has 0 bridgehead atoms. The van der Waals surface area contributed by atoms with Crippen molar-refractivity contribution in [1.82, 2.24) is 4.90 Å². The van der Waals surface area contributed by atoms with Crippen LogP contribution in [0.5, 0.6) is 0 Å². The van der Waals surface area contributed by atoms with Gasteiger partial charge >= 0.3 is 0 Å². The van der Waals surface area contributed by atoms with Crippen molar-refractivity contribution in [2.45, 2.75) is 25.8 Å². The summed E-state index contributed by atoms with van der Waals surface area (Å²) in [5.41, 5.74) is 2.83. The molecule has 0 spiro atoms. The highest BCUT2D eigenvalue weighted by Gasteiger charge is 2.24. The quantitative estimate of drug-likeness (QED) is 0.908. The third kappa shape index (κ3) is 3.07. The molecule has 1 aromatic carbocycles. The molecule has 0 atom stereocenters. The van der Waals surface area contributed by atoms with Gasteiger partial charge in [-0.25, -0.2) is 0 Å². The number of rotatable bonds is 3. The first kappa shape index (κ1) is 13.9. The van der Waals surface area contributed by atoms with E-state index in [2.05, 4.69) is 5.32 Å². The Labute approximate surface area is 114 Å². The summed E-state index contributed by atoms with van der Waals surface area (Å²) >= 11 is 0. The summed E-state index contributed by atoms with van der Waals surface area (Å²) < 4.78 is 5.34. The van der Waals surface area contributed by atoms with Crippen LogP contribution in [-0.2, 0) is 4.74 Å². The lowest BCUT2D eigenvalue weighted by molar-refractivity contribution is 0.0361. The van der Waals surface area contributed by atoms with Crippen molar-refractivity contribution in [2.75, 3.05) is 32.6 Å². The van der Waals surface area contributed by atoms with Crippen LogP contribution in [0.15, 0.2) is 18.2 Å². The molecule has 1 aliphatic heterocycles. The molecule has 4 nitrogen and oxygen atoms in total. The fourth-order valence-electron chi connectivity index (χ4n) is 2.49. The van der Waals surface area contributed by atoms with Gasteiger partial charge in [-0.3, -0.25) is 4.79 Å². The topological polar surface area (TPSA) is 41.6 Å². The van der Waals surface area contributed by atoms with Crippen molar-refractivity contribution >= 4 is 11.6 Å². The van der Waals surface area contributed by atoms with Crippen LogP contribution in [0.2, 0.25) is 0 Å². The summed E-state index contributed by atoms with van der Waals surface area (Å²) in [4.78, 5) is 14.4. The highest BCUT2D eigenvalue weighted by atomic mass is 16.5. The predicted octanol–water partition coefficient (Wildman–Crippen LogP) is 2.29. The molecule has 4 heteroatoms. The molecule has 0 radical (unpaired) electrons. The minimum atomic E-state index is 0.104. The van der Waals surface area contributed by atoms with E-state index in [1.165, 1.54) is 0 Å². The smallest absolute Gasteiger partial charge is 0.254 e. The van der Waals surface area contributed by atoms with Crippen LogP contribution in [0.1, 0.15) is 28.8 Å². The van der Waals surface area contributed by atoms with Gasteiger partial charge in [0.15, 0.2) is 0 Å². The minimum absolute atomic E-state index is 0.104. The molecule has 1 fully saturated rings. The average molecular weight is 262 g/mol. The van der Waals surface area contributed by atoms with Crippen LogP contribution in [0, 0.1) is 6.92 Å². The van der Waals surface area contributed by atoms with Gasteiger partial charge in [-0.1, -0.05) is 0 Å². The van der Waals surface area contributed by atoms with Gasteiger partial charge < -0.3 is 15.0 Å². The zero-order valence-corrected chi connectivity index (χ0v) is 11.9. The lowest BCUT2D eigenvalue weighted by atomic mass is 10.0. The zero-order valence-electron chi connectivity index (χ0n) is 11.9. The number of hydrogen-bond acceptors (Lipinski definition) is 3. The number of amides is 1. The summed E-state index contributed by atoms with van der Waals surface area (Å²) in [5, 5.41) is 3.09.